The number of hydrogen-bond acceptors (Lipinski definition) is 4. The summed E-state index contributed by atoms with van der Waals surface area (Å²) in [5.41, 5.74) is 0.772. The highest BCUT2D eigenvalue weighted by atomic mass is 32.2. The Hall–Kier alpha value is -0.500. The minimum Gasteiger partial charge on any atom is -0.312 e. The fourth-order valence-electron chi connectivity index (χ4n) is 1.32. The molecular formula is C11H16N2S2. The van der Waals surface area contributed by atoms with Crippen molar-refractivity contribution in [2.75, 3.05) is 18.6 Å². The lowest BCUT2D eigenvalue weighted by molar-refractivity contribution is 0.562. The molecule has 1 aromatic heterocycles. The number of rotatable bonds is 6. The van der Waals surface area contributed by atoms with Gasteiger partial charge in [0.05, 0.1) is 5.56 Å². The Morgan fingerprint density at radius 2 is 2.47 bits per heavy atom. The minimum atomic E-state index is 0.704. The molecule has 0 saturated carbocycles. The standard InChI is InChI=1S/C11H16N2S2/c1-9(7-14-2)5-13-6-11-3-10(4-12)8-15-11/h3,8-9,13H,5-7H2,1-2H3. The van der Waals surface area contributed by atoms with Crippen molar-refractivity contribution in [1.29, 1.82) is 5.26 Å². The molecule has 0 aliphatic rings. The summed E-state index contributed by atoms with van der Waals surface area (Å²) in [6.07, 6.45) is 2.13. The second-order valence-corrected chi connectivity index (χ2v) is 5.51. The van der Waals surface area contributed by atoms with Crippen LogP contribution in [0.15, 0.2) is 11.4 Å². The second-order valence-electron chi connectivity index (χ2n) is 3.60. The highest BCUT2D eigenvalue weighted by Crippen LogP contribution is 2.13. The Morgan fingerprint density at radius 3 is 3.07 bits per heavy atom. The average molecular weight is 240 g/mol. The van der Waals surface area contributed by atoms with E-state index in [0.29, 0.717) is 5.92 Å². The summed E-state index contributed by atoms with van der Waals surface area (Å²) >= 11 is 3.53. The molecule has 0 aromatic carbocycles. The van der Waals surface area contributed by atoms with Crippen LogP contribution < -0.4 is 5.32 Å². The van der Waals surface area contributed by atoms with E-state index in [1.807, 2.05) is 23.2 Å². The van der Waals surface area contributed by atoms with Crippen LogP contribution in [0, 0.1) is 17.2 Å². The van der Waals surface area contributed by atoms with Crippen LogP contribution in [0.3, 0.4) is 0 Å². The third-order valence-corrected chi connectivity index (χ3v) is 3.87. The first-order valence-electron chi connectivity index (χ1n) is 4.93. The van der Waals surface area contributed by atoms with E-state index in [-0.39, 0.29) is 0 Å². The molecule has 4 heteroatoms. The van der Waals surface area contributed by atoms with E-state index in [4.69, 9.17) is 5.26 Å². The molecule has 1 aromatic rings. The van der Waals surface area contributed by atoms with E-state index < -0.39 is 0 Å². The van der Waals surface area contributed by atoms with E-state index in [1.54, 1.807) is 11.3 Å². The van der Waals surface area contributed by atoms with Gasteiger partial charge in [0.15, 0.2) is 0 Å². The van der Waals surface area contributed by atoms with Crippen molar-refractivity contribution in [2.45, 2.75) is 13.5 Å². The van der Waals surface area contributed by atoms with Gasteiger partial charge < -0.3 is 5.32 Å². The van der Waals surface area contributed by atoms with Crippen LogP contribution in [-0.4, -0.2) is 18.6 Å². The molecule has 0 radical (unpaired) electrons. The van der Waals surface area contributed by atoms with Gasteiger partial charge in [-0.2, -0.15) is 17.0 Å². The molecule has 0 aliphatic carbocycles. The van der Waals surface area contributed by atoms with E-state index in [0.717, 1.165) is 18.7 Å². The van der Waals surface area contributed by atoms with Crippen molar-refractivity contribution in [3.05, 3.63) is 21.9 Å². The summed E-state index contributed by atoms with van der Waals surface area (Å²) in [5.74, 6) is 1.90. The van der Waals surface area contributed by atoms with Gasteiger partial charge >= 0.3 is 0 Å². The van der Waals surface area contributed by atoms with Crippen LogP contribution in [0.2, 0.25) is 0 Å². The van der Waals surface area contributed by atoms with E-state index >= 15 is 0 Å². The first-order chi connectivity index (χ1) is 7.26. The van der Waals surface area contributed by atoms with E-state index in [9.17, 15) is 0 Å². The van der Waals surface area contributed by atoms with E-state index in [2.05, 4.69) is 24.6 Å². The molecule has 1 N–H and O–H groups in total. The molecule has 0 amide bonds. The van der Waals surface area contributed by atoms with Crippen molar-refractivity contribution in [3.8, 4) is 6.07 Å². The molecule has 1 atom stereocenters. The third kappa shape index (κ3) is 4.70. The maximum absolute atomic E-state index is 8.67. The van der Waals surface area contributed by atoms with Crippen LogP contribution >= 0.6 is 23.1 Å². The monoisotopic (exact) mass is 240 g/mol. The largest absolute Gasteiger partial charge is 0.312 e. The summed E-state index contributed by atoms with van der Waals surface area (Å²) < 4.78 is 0. The topological polar surface area (TPSA) is 35.8 Å². The number of thiophene rings is 1. The molecule has 82 valence electrons. The molecule has 0 spiro atoms. The fourth-order valence-corrected chi connectivity index (χ4v) is 2.78. The van der Waals surface area contributed by atoms with Crippen molar-refractivity contribution >= 4 is 23.1 Å². The lowest BCUT2D eigenvalue weighted by atomic mass is 10.2. The zero-order valence-electron chi connectivity index (χ0n) is 9.12. The van der Waals surface area contributed by atoms with Gasteiger partial charge in [0.2, 0.25) is 0 Å². The predicted octanol–water partition coefficient (Wildman–Crippen LogP) is 2.71. The lowest BCUT2D eigenvalue weighted by Crippen LogP contribution is -2.21. The van der Waals surface area contributed by atoms with Crippen LogP contribution in [0.25, 0.3) is 0 Å². The summed E-state index contributed by atoms with van der Waals surface area (Å²) in [4.78, 5) is 1.24. The van der Waals surface area contributed by atoms with Crippen LogP contribution in [0.4, 0.5) is 0 Å². The zero-order chi connectivity index (χ0) is 11.1. The second kappa shape index (κ2) is 6.89. The quantitative estimate of drug-likeness (QED) is 0.830. The van der Waals surface area contributed by atoms with Crippen LogP contribution in [0.1, 0.15) is 17.4 Å². The van der Waals surface area contributed by atoms with Crippen molar-refractivity contribution in [2.24, 2.45) is 5.92 Å². The molecular weight excluding hydrogens is 224 g/mol. The van der Waals surface area contributed by atoms with Gasteiger partial charge in [0.1, 0.15) is 6.07 Å². The van der Waals surface area contributed by atoms with Gasteiger partial charge in [0.25, 0.3) is 0 Å². The predicted molar refractivity (Wildman–Crippen MR) is 68.3 cm³/mol. The summed E-state index contributed by atoms with van der Waals surface area (Å²) in [6, 6.07) is 4.10. The van der Waals surface area contributed by atoms with Gasteiger partial charge in [-0.1, -0.05) is 6.92 Å². The molecule has 1 rings (SSSR count). The molecule has 1 unspecified atom stereocenters. The Balaban J connectivity index is 2.23. The zero-order valence-corrected chi connectivity index (χ0v) is 10.8. The first kappa shape index (κ1) is 12.6. The molecule has 0 bridgehead atoms. The highest BCUT2D eigenvalue weighted by molar-refractivity contribution is 7.98. The Morgan fingerprint density at radius 1 is 1.67 bits per heavy atom. The van der Waals surface area contributed by atoms with Gasteiger partial charge in [-0.3, -0.25) is 0 Å². The molecule has 2 nitrogen and oxygen atoms in total. The maximum Gasteiger partial charge on any atom is 0.100 e. The van der Waals surface area contributed by atoms with Crippen molar-refractivity contribution in [3.63, 3.8) is 0 Å². The highest BCUT2D eigenvalue weighted by Gasteiger charge is 2.02. The molecule has 0 saturated heterocycles. The summed E-state index contributed by atoms with van der Waals surface area (Å²) in [7, 11) is 0. The minimum absolute atomic E-state index is 0.704. The third-order valence-electron chi connectivity index (χ3n) is 2.03. The summed E-state index contributed by atoms with van der Waals surface area (Å²) in [5, 5.41) is 14.0. The van der Waals surface area contributed by atoms with Crippen molar-refractivity contribution in [1.82, 2.24) is 5.32 Å². The summed E-state index contributed by atoms with van der Waals surface area (Å²) in [6.45, 7) is 4.17. The number of nitrogens with one attached hydrogen (secondary N) is 1. The Kier molecular flexibility index (Phi) is 5.77. The number of hydrogen-bond donors (Lipinski definition) is 1. The lowest BCUT2D eigenvalue weighted by Gasteiger charge is -2.09. The van der Waals surface area contributed by atoms with Gasteiger partial charge in [0, 0.05) is 16.8 Å². The SMILES string of the molecule is CSCC(C)CNCc1cc(C#N)cs1. The molecule has 0 fully saturated rings. The molecule has 1 heterocycles. The molecule has 0 aliphatic heterocycles. The van der Waals surface area contributed by atoms with Crippen molar-refractivity contribution < 1.29 is 0 Å². The Bertz CT molecular complexity index is 328. The normalized spacial score (nSPS) is 12.3. The number of nitrogens with zero attached hydrogens (tertiary/aromatic N) is 1. The van der Waals surface area contributed by atoms with Gasteiger partial charge in [-0.05, 0) is 30.5 Å². The van der Waals surface area contributed by atoms with Gasteiger partial charge in [-0.15, -0.1) is 11.3 Å². The first-order valence-corrected chi connectivity index (χ1v) is 7.20. The average Bonchev–Trinajstić information content (AvgIpc) is 2.66. The van der Waals surface area contributed by atoms with E-state index in [1.165, 1.54) is 10.6 Å². The van der Waals surface area contributed by atoms with Gasteiger partial charge in [-0.25, -0.2) is 0 Å². The molecule has 15 heavy (non-hydrogen) atoms. The maximum atomic E-state index is 8.67. The smallest absolute Gasteiger partial charge is 0.100 e. The fraction of sp³-hybridized carbons (Fsp3) is 0.545. The number of thioether (sulfide) groups is 1. The van der Waals surface area contributed by atoms with Crippen LogP contribution in [0.5, 0.6) is 0 Å². The Labute approximate surface area is 99.7 Å². The van der Waals surface area contributed by atoms with Crippen LogP contribution in [-0.2, 0) is 6.54 Å². The number of nitriles is 1.